The monoisotopic (exact) mass is 463 g/mol. The molecule has 0 spiro atoms. The van der Waals surface area contributed by atoms with E-state index in [9.17, 15) is 15.3 Å². The molecule has 1 saturated heterocycles. The molecule has 0 unspecified atom stereocenters. The molecule has 1 aliphatic rings. The number of ether oxygens (including phenoxy) is 1. The van der Waals surface area contributed by atoms with Crippen molar-refractivity contribution in [2.75, 3.05) is 48.1 Å². The number of anilines is 2. The van der Waals surface area contributed by atoms with Crippen LogP contribution in [0, 0.1) is 22.7 Å². The maximum absolute atomic E-state index is 12.5. The highest BCUT2D eigenvalue weighted by Gasteiger charge is 2.24. The Morgan fingerprint density at radius 2 is 1.94 bits per heavy atom. The lowest BCUT2D eigenvalue weighted by atomic mass is 9.97. The van der Waals surface area contributed by atoms with Crippen LogP contribution in [0.5, 0.6) is 0 Å². The summed E-state index contributed by atoms with van der Waals surface area (Å²) in [5.41, 5.74) is 7.38. The number of thioether (sulfide) groups is 1. The number of pyridine rings is 1. The lowest BCUT2D eigenvalue weighted by Crippen LogP contribution is -2.62. The topological polar surface area (TPSA) is 158 Å². The average molecular weight is 464 g/mol. The van der Waals surface area contributed by atoms with Gasteiger partial charge in [0.25, 0.3) is 6.20 Å². The number of benzene rings is 1. The summed E-state index contributed by atoms with van der Waals surface area (Å²) in [4.78, 5) is 18.2. The van der Waals surface area contributed by atoms with E-state index in [1.54, 1.807) is 30.5 Å². The molecule has 1 aliphatic heterocycles. The van der Waals surface area contributed by atoms with E-state index < -0.39 is 0 Å². The fraction of sp³-hybridized carbons (Fsp3) is 0.238. The minimum Gasteiger partial charge on any atom is -0.383 e. The molecule has 3 heterocycles. The minimum absolute atomic E-state index is 0.0000451. The minimum atomic E-state index is -0.375. The zero-order chi connectivity index (χ0) is 23.2. The first-order chi connectivity index (χ1) is 16.1. The number of hydrogen-bond acceptors (Lipinski definition) is 10. The van der Waals surface area contributed by atoms with Crippen LogP contribution < -0.4 is 20.9 Å². The first-order valence-electron chi connectivity index (χ1n) is 9.94. The average Bonchev–Trinajstić information content (AvgIpc) is 3.31. The number of nitrogen functional groups attached to an aromatic ring is 1. The van der Waals surface area contributed by atoms with E-state index in [0.29, 0.717) is 37.4 Å². The number of carbonyl (C=O) groups is 1. The molecule has 0 radical (unpaired) electrons. The van der Waals surface area contributed by atoms with Crippen molar-refractivity contribution in [3.63, 3.8) is 0 Å². The van der Waals surface area contributed by atoms with Crippen LogP contribution in [0.3, 0.4) is 0 Å². The van der Waals surface area contributed by atoms with Crippen molar-refractivity contribution in [2.24, 2.45) is 0 Å². The van der Waals surface area contributed by atoms with E-state index in [1.807, 2.05) is 17.1 Å². The third kappa shape index (κ3) is 4.87. The van der Waals surface area contributed by atoms with Gasteiger partial charge in [-0.2, -0.15) is 10.5 Å². The van der Waals surface area contributed by atoms with Gasteiger partial charge in [0.05, 0.1) is 42.4 Å². The molecule has 1 aromatic carbocycles. The van der Waals surface area contributed by atoms with Crippen molar-refractivity contribution in [1.29, 1.82) is 10.5 Å². The van der Waals surface area contributed by atoms with Gasteiger partial charge >= 0.3 is 5.88 Å². The lowest BCUT2D eigenvalue weighted by Gasteiger charge is -2.18. The summed E-state index contributed by atoms with van der Waals surface area (Å²) in [5, 5.41) is 28.1. The molecule has 2 aromatic heterocycles. The quantitative estimate of drug-likeness (QED) is 0.400. The number of carbonyl (C=O) groups excluding carboxylic acids is 1. The predicted molar refractivity (Wildman–Crippen MR) is 118 cm³/mol. The number of rotatable bonds is 6. The van der Waals surface area contributed by atoms with Gasteiger partial charge in [0.2, 0.25) is 11.2 Å². The molecule has 166 valence electrons. The summed E-state index contributed by atoms with van der Waals surface area (Å²) < 4.78 is 10.5. The van der Waals surface area contributed by atoms with Crippen molar-refractivity contribution in [3.8, 4) is 23.3 Å². The molecule has 3 N–H and O–H groups in total. The van der Waals surface area contributed by atoms with E-state index in [2.05, 4.69) is 21.6 Å². The van der Waals surface area contributed by atoms with Crippen molar-refractivity contribution < 1.29 is 18.8 Å². The first-order valence-corrected chi connectivity index (χ1v) is 10.9. The molecule has 12 heteroatoms. The molecule has 1 fully saturated rings. The summed E-state index contributed by atoms with van der Waals surface area (Å²) in [6, 6.07) is 13.1. The second-order valence-electron chi connectivity index (χ2n) is 6.91. The van der Waals surface area contributed by atoms with Crippen LogP contribution in [0.2, 0.25) is 0 Å². The smallest absolute Gasteiger partial charge is 0.305 e. The van der Waals surface area contributed by atoms with Crippen molar-refractivity contribution >= 4 is 29.4 Å². The lowest BCUT2D eigenvalue weighted by molar-refractivity contribution is -0.759. The largest absolute Gasteiger partial charge is 0.383 e. The van der Waals surface area contributed by atoms with E-state index in [4.69, 9.17) is 15.0 Å². The first kappa shape index (κ1) is 22.1. The molecule has 0 bridgehead atoms. The van der Waals surface area contributed by atoms with Gasteiger partial charge in [-0.3, -0.25) is 14.6 Å². The number of hydrogen-bond donors (Lipinski definition) is 2. The Hall–Kier alpha value is -4.13. The highest BCUT2D eigenvalue weighted by atomic mass is 32.2. The second kappa shape index (κ2) is 9.99. The van der Waals surface area contributed by atoms with Crippen LogP contribution in [0.4, 0.5) is 11.7 Å². The van der Waals surface area contributed by atoms with Crippen molar-refractivity contribution in [2.45, 2.75) is 5.03 Å². The maximum Gasteiger partial charge on any atom is 0.305 e. The summed E-state index contributed by atoms with van der Waals surface area (Å²) in [6.45, 7) is 2.50. The van der Waals surface area contributed by atoms with Gasteiger partial charge in [-0.25, -0.2) is 4.98 Å². The highest BCUT2D eigenvalue weighted by Crippen LogP contribution is 2.35. The zero-order valence-corrected chi connectivity index (χ0v) is 18.2. The van der Waals surface area contributed by atoms with E-state index in [0.717, 1.165) is 11.8 Å². The SMILES string of the molecule is N#Cc1c(N)nc(SCC(=O)Nc2c[n+](N3CCOCC3)no2)c(C#N)c1-c1ccccc1. The van der Waals surface area contributed by atoms with Crippen molar-refractivity contribution in [1.82, 2.24) is 10.3 Å². The summed E-state index contributed by atoms with van der Waals surface area (Å²) in [7, 11) is 0. The van der Waals surface area contributed by atoms with Gasteiger partial charge < -0.3 is 10.5 Å². The standard InChI is InChI=1S/C21H18N8O3S/c22-10-15-19(14-4-2-1-3-5-14)16(11-23)21(26-20(15)24)33-13-17(30)25-18-12-29(27-32-18)28-6-8-31-9-7-28/h1-5,12H,6-9,13H2,(H2-,24,25,26,27,30)/p+1. The Morgan fingerprint density at radius 1 is 1.21 bits per heavy atom. The van der Waals surface area contributed by atoms with Gasteiger partial charge in [0.1, 0.15) is 28.5 Å². The van der Waals surface area contributed by atoms with Crippen LogP contribution in [0.25, 0.3) is 11.1 Å². The Bertz CT molecular complexity index is 1240. The van der Waals surface area contributed by atoms with Crippen LogP contribution in [-0.2, 0) is 9.53 Å². The van der Waals surface area contributed by atoms with Gasteiger partial charge in [-0.15, -0.1) is 5.01 Å². The second-order valence-corrected chi connectivity index (χ2v) is 7.87. The Balaban J connectivity index is 1.50. The van der Waals surface area contributed by atoms with Crippen molar-refractivity contribution in [3.05, 3.63) is 47.7 Å². The van der Waals surface area contributed by atoms with E-state index in [-0.39, 0.29) is 39.5 Å². The summed E-state index contributed by atoms with van der Waals surface area (Å²) in [6.07, 6.45) is 1.57. The fourth-order valence-corrected chi connectivity index (χ4v) is 4.08. The van der Waals surface area contributed by atoms with E-state index >= 15 is 0 Å². The number of nitrogens with one attached hydrogen (secondary N) is 1. The molecule has 0 saturated carbocycles. The third-order valence-corrected chi connectivity index (χ3v) is 5.79. The zero-order valence-electron chi connectivity index (χ0n) is 17.4. The molecule has 3 aromatic rings. The van der Waals surface area contributed by atoms with E-state index in [1.165, 1.54) is 4.79 Å². The summed E-state index contributed by atoms with van der Waals surface area (Å²) >= 11 is 1.05. The van der Waals surface area contributed by atoms with Gasteiger partial charge in [0, 0.05) is 5.56 Å². The van der Waals surface area contributed by atoms with Crippen LogP contribution >= 0.6 is 11.8 Å². The number of morpholine rings is 1. The van der Waals surface area contributed by atoms with Crippen LogP contribution in [0.1, 0.15) is 11.1 Å². The van der Waals surface area contributed by atoms with Crippen LogP contribution in [-0.4, -0.2) is 48.2 Å². The number of amides is 1. The van der Waals surface area contributed by atoms with Crippen LogP contribution in [0.15, 0.2) is 46.1 Å². The van der Waals surface area contributed by atoms with Gasteiger partial charge in [0.15, 0.2) is 0 Å². The van der Waals surface area contributed by atoms with Gasteiger partial charge in [-0.1, -0.05) is 42.1 Å². The molecule has 33 heavy (non-hydrogen) atoms. The Morgan fingerprint density at radius 3 is 2.64 bits per heavy atom. The molecule has 4 rings (SSSR count). The third-order valence-electron chi connectivity index (χ3n) is 4.81. The number of nitriles is 2. The number of nitrogens with two attached hydrogens (primary N) is 1. The molecular weight excluding hydrogens is 444 g/mol. The summed E-state index contributed by atoms with van der Waals surface area (Å²) in [5.74, 6) is -0.246. The molecule has 0 aliphatic carbocycles. The fourth-order valence-electron chi connectivity index (χ4n) is 3.29. The number of nitrogens with zero attached hydrogens (tertiary/aromatic N) is 6. The molecule has 1 amide bonds. The number of aromatic nitrogens is 3. The predicted octanol–water partition coefficient (Wildman–Crippen LogP) is 1.05. The normalized spacial score (nSPS) is 13.2. The molecular formula is C21H19N8O3S+. The van der Waals surface area contributed by atoms with Gasteiger partial charge in [-0.05, 0) is 5.56 Å². The molecule has 0 atom stereocenters. The highest BCUT2D eigenvalue weighted by molar-refractivity contribution is 8.00. The molecule has 11 nitrogen and oxygen atoms in total. The maximum atomic E-state index is 12.5. The Kier molecular flexibility index (Phi) is 6.69. The Labute approximate surface area is 193 Å².